The molecule has 0 aromatic heterocycles. The van der Waals surface area contributed by atoms with Gasteiger partial charge in [0.1, 0.15) is 5.75 Å². The lowest BCUT2D eigenvalue weighted by Crippen LogP contribution is -2.06. The highest BCUT2D eigenvalue weighted by Crippen LogP contribution is 2.27. The molecule has 0 atom stereocenters. The van der Waals surface area contributed by atoms with E-state index in [1.807, 2.05) is 18.2 Å². The Bertz CT molecular complexity index is 492. The average Bonchev–Trinajstić information content (AvgIpc) is 2.38. The maximum atomic E-state index is 12.6. The molecule has 0 fully saturated rings. The van der Waals surface area contributed by atoms with Crippen LogP contribution in [0.15, 0.2) is 34.3 Å². The minimum Gasteiger partial charge on any atom is -0.497 e. The number of hydrogen-bond donors (Lipinski definition) is 0. The van der Waals surface area contributed by atoms with Crippen LogP contribution in [-0.4, -0.2) is 12.9 Å². The molecule has 3 heteroatoms. The van der Waals surface area contributed by atoms with E-state index >= 15 is 0 Å². The summed E-state index contributed by atoms with van der Waals surface area (Å²) in [6, 6.07) is 5.54. The van der Waals surface area contributed by atoms with Crippen molar-refractivity contribution in [3.8, 4) is 5.75 Å². The number of Topliss-reactive ketones (excluding diaryl/α,β-unsaturated/α-hetero) is 1. The van der Waals surface area contributed by atoms with Gasteiger partial charge >= 0.3 is 0 Å². The first-order valence-electron chi connectivity index (χ1n) is 6.79. The van der Waals surface area contributed by atoms with Crippen LogP contribution in [0.1, 0.15) is 48.9 Å². The topological polar surface area (TPSA) is 26.3 Å². The van der Waals surface area contributed by atoms with Gasteiger partial charge in [-0.15, -0.1) is 0 Å². The zero-order chi connectivity index (χ0) is 13.7. The van der Waals surface area contributed by atoms with Crippen LogP contribution in [0.4, 0.5) is 0 Å². The Kier molecular flexibility index (Phi) is 5.20. The molecule has 0 amide bonds. The van der Waals surface area contributed by atoms with Crippen LogP contribution in [0, 0.1) is 0 Å². The molecule has 0 bridgehead atoms. The Balaban J connectivity index is 2.27. The predicted octanol–water partition coefficient (Wildman–Crippen LogP) is 4.92. The Hall–Kier alpha value is -1.09. The van der Waals surface area contributed by atoms with E-state index in [0.29, 0.717) is 5.56 Å². The van der Waals surface area contributed by atoms with Crippen molar-refractivity contribution in [2.75, 3.05) is 7.11 Å². The predicted molar refractivity (Wildman–Crippen MR) is 80.8 cm³/mol. The van der Waals surface area contributed by atoms with Crippen molar-refractivity contribution in [3.05, 3.63) is 39.9 Å². The van der Waals surface area contributed by atoms with Crippen LogP contribution < -0.4 is 4.74 Å². The second-order valence-corrected chi connectivity index (χ2v) is 5.71. The highest BCUT2D eigenvalue weighted by atomic mass is 79.9. The van der Waals surface area contributed by atoms with Crippen LogP contribution in [0.5, 0.6) is 5.75 Å². The van der Waals surface area contributed by atoms with Gasteiger partial charge in [-0.05, 0) is 49.5 Å². The van der Waals surface area contributed by atoms with E-state index in [1.165, 1.54) is 19.3 Å². The summed E-state index contributed by atoms with van der Waals surface area (Å²) in [5.74, 6) is 0.852. The minimum absolute atomic E-state index is 0.132. The number of allylic oxidation sites excluding steroid dienone is 2. The number of carbonyl (C=O) groups excluding carboxylic acids is 1. The molecular weight excluding hydrogens is 304 g/mol. The van der Waals surface area contributed by atoms with Crippen molar-refractivity contribution in [2.45, 2.75) is 38.5 Å². The van der Waals surface area contributed by atoms with Crippen molar-refractivity contribution in [1.82, 2.24) is 0 Å². The number of methoxy groups -OCH3 is 1. The summed E-state index contributed by atoms with van der Waals surface area (Å²) in [4.78, 5) is 12.6. The molecule has 0 N–H and O–H groups in total. The molecule has 1 aliphatic carbocycles. The third-order valence-electron chi connectivity index (χ3n) is 3.50. The number of rotatable bonds is 3. The maximum absolute atomic E-state index is 12.6. The Morgan fingerprint density at radius 2 is 2.00 bits per heavy atom. The van der Waals surface area contributed by atoms with Crippen molar-refractivity contribution in [3.63, 3.8) is 0 Å². The Labute approximate surface area is 123 Å². The van der Waals surface area contributed by atoms with E-state index in [1.54, 1.807) is 7.11 Å². The standard InChI is InChI=1S/C16H19BrO2/c1-19-13-9-10-15(17)14(11-13)16(18)12-7-5-3-2-4-6-8-12/h7,9-11H,2-6,8H2,1H3/b12-7+. The van der Waals surface area contributed by atoms with Crippen molar-refractivity contribution in [1.29, 1.82) is 0 Å². The monoisotopic (exact) mass is 322 g/mol. The molecule has 0 heterocycles. The van der Waals surface area contributed by atoms with Gasteiger partial charge in [-0.25, -0.2) is 0 Å². The van der Waals surface area contributed by atoms with E-state index in [0.717, 1.165) is 35.1 Å². The third kappa shape index (κ3) is 3.69. The van der Waals surface area contributed by atoms with Gasteiger partial charge in [0.2, 0.25) is 0 Å². The van der Waals surface area contributed by atoms with Crippen LogP contribution in [0.2, 0.25) is 0 Å². The van der Waals surface area contributed by atoms with E-state index in [9.17, 15) is 4.79 Å². The second kappa shape index (κ2) is 6.90. The quantitative estimate of drug-likeness (QED) is 0.738. The van der Waals surface area contributed by atoms with Crippen LogP contribution in [-0.2, 0) is 0 Å². The molecule has 1 aromatic carbocycles. The lowest BCUT2D eigenvalue weighted by atomic mass is 9.94. The highest BCUT2D eigenvalue weighted by molar-refractivity contribution is 9.10. The van der Waals surface area contributed by atoms with Crippen molar-refractivity contribution >= 4 is 21.7 Å². The van der Waals surface area contributed by atoms with Gasteiger partial charge in [-0.2, -0.15) is 0 Å². The summed E-state index contributed by atoms with van der Waals surface area (Å²) in [6.45, 7) is 0. The van der Waals surface area contributed by atoms with Gasteiger partial charge < -0.3 is 4.74 Å². The first kappa shape index (κ1) is 14.3. The molecule has 0 saturated heterocycles. The first-order chi connectivity index (χ1) is 9.22. The van der Waals surface area contributed by atoms with E-state index in [4.69, 9.17) is 4.74 Å². The lowest BCUT2D eigenvalue weighted by Gasteiger charge is -2.12. The van der Waals surface area contributed by atoms with Crippen molar-refractivity contribution < 1.29 is 9.53 Å². The summed E-state index contributed by atoms with van der Waals surface area (Å²) < 4.78 is 6.03. The molecule has 1 aliphatic rings. The molecule has 0 spiro atoms. The fourth-order valence-electron chi connectivity index (χ4n) is 2.38. The molecule has 2 rings (SSSR count). The first-order valence-corrected chi connectivity index (χ1v) is 7.59. The summed E-state index contributed by atoms with van der Waals surface area (Å²) in [6.07, 6.45) is 8.83. The van der Waals surface area contributed by atoms with Crippen LogP contribution in [0.3, 0.4) is 0 Å². The summed E-state index contributed by atoms with van der Waals surface area (Å²) >= 11 is 3.46. The molecular formula is C16H19BrO2. The van der Waals surface area contributed by atoms with Crippen molar-refractivity contribution in [2.24, 2.45) is 0 Å². The van der Waals surface area contributed by atoms with E-state index in [-0.39, 0.29) is 5.78 Å². The van der Waals surface area contributed by atoms with Gasteiger partial charge in [-0.1, -0.05) is 34.8 Å². The third-order valence-corrected chi connectivity index (χ3v) is 4.19. The molecule has 102 valence electrons. The smallest absolute Gasteiger partial charge is 0.189 e. The van der Waals surface area contributed by atoms with E-state index in [2.05, 4.69) is 22.0 Å². The number of benzene rings is 1. The highest BCUT2D eigenvalue weighted by Gasteiger charge is 2.16. The Morgan fingerprint density at radius 3 is 2.79 bits per heavy atom. The molecule has 0 unspecified atom stereocenters. The summed E-state index contributed by atoms with van der Waals surface area (Å²) in [7, 11) is 1.62. The number of carbonyl (C=O) groups is 1. The zero-order valence-electron chi connectivity index (χ0n) is 11.2. The number of ether oxygens (including phenoxy) is 1. The zero-order valence-corrected chi connectivity index (χ0v) is 12.8. The lowest BCUT2D eigenvalue weighted by molar-refractivity contribution is 0.102. The van der Waals surface area contributed by atoms with Crippen LogP contribution in [0.25, 0.3) is 0 Å². The van der Waals surface area contributed by atoms with Gasteiger partial charge in [0, 0.05) is 10.0 Å². The normalized spacial score (nSPS) is 18.9. The number of halogens is 1. The molecule has 19 heavy (non-hydrogen) atoms. The van der Waals surface area contributed by atoms with Gasteiger partial charge in [0.25, 0.3) is 0 Å². The molecule has 2 nitrogen and oxygen atoms in total. The molecule has 1 aromatic rings. The fraction of sp³-hybridized carbons (Fsp3) is 0.438. The van der Waals surface area contributed by atoms with E-state index < -0.39 is 0 Å². The Morgan fingerprint density at radius 1 is 1.21 bits per heavy atom. The van der Waals surface area contributed by atoms with Gasteiger partial charge in [0.05, 0.1) is 7.11 Å². The fourth-order valence-corrected chi connectivity index (χ4v) is 2.80. The largest absolute Gasteiger partial charge is 0.497 e. The maximum Gasteiger partial charge on any atom is 0.189 e. The summed E-state index contributed by atoms with van der Waals surface area (Å²) in [5.41, 5.74) is 1.65. The summed E-state index contributed by atoms with van der Waals surface area (Å²) in [5, 5.41) is 0. The molecule has 0 saturated carbocycles. The second-order valence-electron chi connectivity index (χ2n) is 4.86. The minimum atomic E-state index is 0.132. The number of ketones is 1. The SMILES string of the molecule is COc1ccc(Br)c(C(=O)/C2=C/CCCCCC2)c1. The molecule has 0 aliphatic heterocycles. The number of hydrogen-bond acceptors (Lipinski definition) is 2. The average molecular weight is 323 g/mol. The molecule has 0 radical (unpaired) electrons. The van der Waals surface area contributed by atoms with Gasteiger partial charge in [0.15, 0.2) is 5.78 Å². The van der Waals surface area contributed by atoms with Crippen LogP contribution >= 0.6 is 15.9 Å². The van der Waals surface area contributed by atoms with Gasteiger partial charge in [-0.3, -0.25) is 4.79 Å².